The Bertz CT molecular complexity index is 1160. The van der Waals surface area contributed by atoms with Gasteiger partial charge in [0.25, 0.3) is 0 Å². The molecule has 8 heteroatoms. The van der Waals surface area contributed by atoms with Gasteiger partial charge < -0.3 is 5.11 Å². The van der Waals surface area contributed by atoms with Crippen molar-refractivity contribution in [2.45, 2.75) is 0 Å². The van der Waals surface area contributed by atoms with Crippen LogP contribution in [0.25, 0.3) is 16.7 Å². The van der Waals surface area contributed by atoms with Gasteiger partial charge in [0.15, 0.2) is 0 Å². The average Bonchev–Trinajstić information content (AvgIpc) is 3.25. The molecule has 3 aromatic rings. The zero-order chi connectivity index (χ0) is 19.0. The largest absolute Gasteiger partial charge is 0.493 e. The maximum absolute atomic E-state index is 13.6. The Labute approximate surface area is 155 Å². The van der Waals surface area contributed by atoms with Gasteiger partial charge in [0.05, 0.1) is 12.4 Å². The van der Waals surface area contributed by atoms with Gasteiger partial charge in [0.2, 0.25) is 5.88 Å². The standard InChI is InChI=1S/C19H11F2N3O2S/c20-14-5-12(6-15(21)7-14)10-2-1-3-11(4-10)16(13-8-22-23-9-13)17-18(25)24-19(26)27-17/h1-9,25H,(H,24,26). The average molecular weight is 383 g/mol. The summed E-state index contributed by atoms with van der Waals surface area (Å²) in [6.45, 7) is 0. The van der Waals surface area contributed by atoms with Crippen molar-refractivity contribution in [1.82, 2.24) is 4.98 Å². The van der Waals surface area contributed by atoms with E-state index in [0.717, 1.165) is 17.4 Å². The van der Waals surface area contributed by atoms with E-state index in [1.807, 2.05) is 0 Å². The summed E-state index contributed by atoms with van der Waals surface area (Å²) in [7, 11) is 0. The summed E-state index contributed by atoms with van der Waals surface area (Å²) in [5.74, 6) is -1.61. The van der Waals surface area contributed by atoms with Gasteiger partial charge >= 0.3 is 4.87 Å². The van der Waals surface area contributed by atoms with Crippen molar-refractivity contribution < 1.29 is 13.9 Å². The Morgan fingerprint density at radius 1 is 1.00 bits per heavy atom. The molecule has 0 bridgehead atoms. The molecule has 1 aliphatic rings. The number of nitrogens with zero attached hydrogens (tertiary/aromatic N) is 2. The maximum atomic E-state index is 13.6. The smallest absolute Gasteiger partial charge is 0.307 e. The lowest BCUT2D eigenvalue weighted by Crippen LogP contribution is -1.95. The first kappa shape index (κ1) is 17.0. The minimum atomic E-state index is -0.675. The summed E-state index contributed by atoms with van der Waals surface area (Å²) in [6.07, 6.45) is 3.01. The lowest BCUT2D eigenvalue weighted by molar-refractivity contribution is 0.455. The van der Waals surface area contributed by atoms with Crippen molar-refractivity contribution in [1.29, 1.82) is 0 Å². The molecule has 5 nitrogen and oxygen atoms in total. The summed E-state index contributed by atoms with van der Waals surface area (Å²) in [4.78, 5) is 13.9. The number of H-pyrrole nitrogens is 1. The third kappa shape index (κ3) is 3.34. The summed E-state index contributed by atoms with van der Waals surface area (Å²) >= 11 is 0.848. The molecule has 1 aliphatic heterocycles. The Hall–Kier alpha value is -3.39. The number of aromatic amines is 1. The van der Waals surface area contributed by atoms with E-state index in [4.69, 9.17) is 0 Å². The fourth-order valence-electron chi connectivity index (χ4n) is 2.85. The highest BCUT2D eigenvalue weighted by molar-refractivity contribution is 7.10. The Morgan fingerprint density at radius 2 is 1.70 bits per heavy atom. The van der Waals surface area contributed by atoms with Gasteiger partial charge in [-0.15, -0.1) is 0 Å². The number of nitrogens with one attached hydrogen (secondary N) is 1. The molecule has 0 aliphatic carbocycles. The number of benzene rings is 2. The van der Waals surface area contributed by atoms with Crippen LogP contribution in [0, 0.1) is 11.6 Å². The molecule has 4 rings (SSSR count). The van der Waals surface area contributed by atoms with E-state index >= 15 is 0 Å². The first-order chi connectivity index (χ1) is 13.0. The highest BCUT2D eigenvalue weighted by Gasteiger charge is 2.19. The number of aromatic hydroxyl groups is 1. The molecule has 0 amide bonds. The topological polar surface area (TPSA) is 77.8 Å². The number of hydrogen-bond acceptors (Lipinski definition) is 5. The zero-order valence-electron chi connectivity index (χ0n) is 13.6. The first-order valence-electron chi connectivity index (χ1n) is 7.81. The SMILES string of the molecule is O=c1[nH]c(O)c(C(=C2C=NN=C2)c2cccc(-c3cc(F)cc(F)c3)c2)s1. The van der Waals surface area contributed by atoms with Crippen LogP contribution in [0.15, 0.2) is 63.0 Å². The van der Waals surface area contributed by atoms with Gasteiger partial charge in [0.1, 0.15) is 16.5 Å². The monoisotopic (exact) mass is 383 g/mol. The quantitative estimate of drug-likeness (QED) is 0.718. The normalized spacial score (nSPS) is 12.7. The van der Waals surface area contributed by atoms with Gasteiger partial charge in [-0.3, -0.25) is 9.78 Å². The third-order valence-electron chi connectivity index (χ3n) is 3.95. The summed E-state index contributed by atoms with van der Waals surface area (Å²) in [6, 6.07) is 10.2. The van der Waals surface area contributed by atoms with Crippen LogP contribution in [0.5, 0.6) is 5.88 Å². The predicted molar refractivity (Wildman–Crippen MR) is 101 cm³/mol. The molecule has 2 aromatic carbocycles. The van der Waals surface area contributed by atoms with E-state index in [2.05, 4.69) is 15.2 Å². The third-order valence-corrected chi connectivity index (χ3v) is 4.84. The second-order valence-electron chi connectivity index (χ2n) is 5.75. The van der Waals surface area contributed by atoms with Crippen LogP contribution in [0.1, 0.15) is 10.4 Å². The molecule has 2 heterocycles. The Balaban J connectivity index is 1.91. The second-order valence-corrected chi connectivity index (χ2v) is 6.73. The fourth-order valence-corrected chi connectivity index (χ4v) is 3.67. The lowest BCUT2D eigenvalue weighted by Gasteiger charge is -2.10. The summed E-state index contributed by atoms with van der Waals surface area (Å²) < 4.78 is 27.2. The minimum absolute atomic E-state index is 0.261. The van der Waals surface area contributed by atoms with E-state index in [0.29, 0.717) is 32.7 Å². The lowest BCUT2D eigenvalue weighted by atomic mass is 9.95. The maximum Gasteiger partial charge on any atom is 0.307 e. The van der Waals surface area contributed by atoms with Crippen molar-refractivity contribution in [2.24, 2.45) is 10.2 Å². The number of halogens is 2. The predicted octanol–water partition coefficient (Wildman–Crippen LogP) is 3.96. The molecule has 0 spiro atoms. The van der Waals surface area contributed by atoms with Gasteiger partial charge in [-0.25, -0.2) is 8.78 Å². The fraction of sp³-hybridized carbons (Fsp3) is 0. The molecule has 0 saturated heterocycles. The van der Waals surface area contributed by atoms with Crippen molar-refractivity contribution in [3.8, 4) is 17.0 Å². The van der Waals surface area contributed by atoms with Gasteiger partial charge in [0, 0.05) is 17.2 Å². The molecule has 0 radical (unpaired) electrons. The summed E-state index contributed by atoms with van der Waals surface area (Å²) in [5, 5.41) is 17.7. The van der Waals surface area contributed by atoms with Gasteiger partial charge in [-0.1, -0.05) is 29.5 Å². The molecular weight excluding hydrogens is 372 g/mol. The Kier molecular flexibility index (Phi) is 4.25. The van der Waals surface area contributed by atoms with E-state index in [1.165, 1.54) is 24.6 Å². The highest BCUT2D eigenvalue weighted by Crippen LogP contribution is 2.35. The first-order valence-corrected chi connectivity index (χ1v) is 8.63. The molecular formula is C19H11F2N3O2S. The number of thiazole rings is 1. The molecule has 0 unspecified atom stereocenters. The highest BCUT2D eigenvalue weighted by atomic mass is 32.1. The van der Waals surface area contributed by atoms with Crippen LogP contribution in [0.2, 0.25) is 0 Å². The van der Waals surface area contributed by atoms with Crippen molar-refractivity contribution in [2.75, 3.05) is 0 Å². The Morgan fingerprint density at radius 3 is 2.33 bits per heavy atom. The molecule has 0 atom stereocenters. The van der Waals surface area contributed by atoms with Crippen LogP contribution in [-0.4, -0.2) is 22.5 Å². The van der Waals surface area contributed by atoms with Crippen molar-refractivity contribution in [3.63, 3.8) is 0 Å². The molecule has 2 N–H and O–H groups in total. The number of hydrogen-bond donors (Lipinski definition) is 2. The molecule has 27 heavy (non-hydrogen) atoms. The van der Waals surface area contributed by atoms with Crippen LogP contribution in [-0.2, 0) is 0 Å². The summed E-state index contributed by atoms with van der Waals surface area (Å²) in [5.41, 5.74) is 2.73. The molecule has 0 fully saturated rings. The minimum Gasteiger partial charge on any atom is -0.493 e. The van der Waals surface area contributed by atoms with Crippen LogP contribution < -0.4 is 4.87 Å². The molecule has 0 saturated carbocycles. The number of rotatable bonds is 3. The molecule has 1 aromatic heterocycles. The van der Waals surface area contributed by atoms with Gasteiger partial charge in [-0.05, 0) is 34.9 Å². The van der Waals surface area contributed by atoms with Gasteiger partial charge in [-0.2, -0.15) is 10.2 Å². The van der Waals surface area contributed by atoms with Crippen LogP contribution >= 0.6 is 11.3 Å². The number of allylic oxidation sites excluding steroid dienone is 1. The zero-order valence-corrected chi connectivity index (χ0v) is 14.4. The van der Waals surface area contributed by atoms with Crippen molar-refractivity contribution in [3.05, 3.63) is 79.8 Å². The van der Waals surface area contributed by atoms with Crippen LogP contribution in [0.3, 0.4) is 0 Å². The second kappa shape index (κ2) is 6.73. The molecule has 134 valence electrons. The van der Waals surface area contributed by atoms with E-state index < -0.39 is 16.5 Å². The number of aromatic nitrogens is 1. The van der Waals surface area contributed by atoms with E-state index in [1.54, 1.807) is 24.3 Å². The van der Waals surface area contributed by atoms with Crippen molar-refractivity contribution >= 4 is 29.3 Å². The van der Waals surface area contributed by atoms with E-state index in [9.17, 15) is 18.7 Å². The van der Waals surface area contributed by atoms with E-state index in [-0.39, 0.29) is 5.88 Å². The van der Waals surface area contributed by atoms with Crippen LogP contribution in [0.4, 0.5) is 8.78 Å².